The minimum atomic E-state index is -0.751. The van der Waals surface area contributed by atoms with Gasteiger partial charge in [0.2, 0.25) is 5.52 Å². The highest BCUT2D eigenvalue weighted by molar-refractivity contribution is 5.85. The van der Waals surface area contributed by atoms with Crippen molar-refractivity contribution in [3.8, 4) is 11.4 Å². The fourth-order valence-electron chi connectivity index (χ4n) is 1.37. The monoisotopic (exact) mass is 237 g/mol. The van der Waals surface area contributed by atoms with E-state index in [1.807, 2.05) is 0 Å². The van der Waals surface area contributed by atoms with Crippen LogP contribution < -0.4 is 0 Å². The molecule has 3 rings (SSSR count). The van der Waals surface area contributed by atoms with Gasteiger partial charge in [0.25, 0.3) is 11.3 Å². The van der Waals surface area contributed by atoms with E-state index in [9.17, 15) is 10.1 Å². The lowest BCUT2D eigenvalue weighted by Gasteiger charge is -1.87. The molecule has 17 heavy (non-hydrogen) atoms. The van der Waals surface area contributed by atoms with Gasteiger partial charge in [0.15, 0.2) is 5.69 Å². The fraction of sp³-hybridized carbons (Fsp3) is 0.167. The molecule has 0 aliphatic carbocycles. The molecule has 0 saturated carbocycles. The second kappa shape index (κ2) is 3.07. The topological polar surface area (TPSA) is 139 Å². The van der Waals surface area contributed by atoms with Gasteiger partial charge in [-0.05, 0) is 22.4 Å². The Kier molecular flexibility index (Phi) is 1.69. The number of nitro groups is 1. The molecular formula is C6H3N7O4. The van der Waals surface area contributed by atoms with Gasteiger partial charge in [0.1, 0.15) is 5.69 Å². The van der Waals surface area contributed by atoms with E-state index in [0.29, 0.717) is 10.5 Å². The first-order valence-corrected chi connectivity index (χ1v) is 4.34. The Hall–Kier alpha value is -2.85. The van der Waals surface area contributed by atoms with Gasteiger partial charge in [-0.15, -0.1) is 0 Å². The van der Waals surface area contributed by atoms with E-state index >= 15 is 0 Å². The zero-order valence-corrected chi connectivity index (χ0v) is 8.26. The Bertz CT molecular complexity index is 709. The van der Waals surface area contributed by atoms with Crippen LogP contribution in [0.25, 0.3) is 22.6 Å². The van der Waals surface area contributed by atoms with Crippen molar-refractivity contribution in [2.24, 2.45) is 0 Å². The van der Waals surface area contributed by atoms with Gasteiger partial charge >= 0.3 is 0 Å². The molecule has 3 heterocycles. The minimum Gasteiger partial charge on any atom is -0.339 e. The first-order valence-electron chi connectivity index (χ1n) is 4.34. The van der Waals surface area contributed by atoms with Crippen molar-refractivity contribution in [3.05, 3.63) is 15.8 Å². The van der Waals surface area contributed by atoms with Crippen molar-refractivity contribution in [2.45, 2.75) is 6.92 Å². The molecule has 0 N–H and O–H groups in total. The number of hydrogen-bond acceptors (Lipinski definition) is 9. The Morgan fingerprint density at radius 2 is 1.94 bits per heavy atom. The molecule has 0 saturated heterocycles. The predicted molar refractivity (Wildman–Crippen MR) is 48.0 cm³/mol. The summed E-state index contributed by atoms with van der Waals surface area (Å²) in [6.45, 7) is 1.62. The van der Waals surface area contributed by atoms with Gasteiger partial charge in [-0.3, -0.25) is 0 Å². The van der Waals surface area contributed by atoms with Crippen molar-refractivity contribution in [2.75, 3.05) is 0 Å². The quantitative estimate of drug-likeness (QED) is 0.438. The van der Waals surface area contributed by atoms with Gasteiger partial charge < -0.3 is 10.1 Å². The van der Waals surface area contributed by atoms with E-state index in [2.05, 4.69) is 35.0 Å². The lowest BCUT2D eigenvalue weighted by Crippen LogP contribution is -2.10. The van der Waals surface area contributed by atoms with E-state index in [1.54, 1.807) is 6.92 Å². The van der Waals surface area contributed by atoms with E-state index in [-0.39, 0.29) is 22.6 Å². The number of nitrogens with zero attached hydrogens (tertiary/aromatic N) is 7. The second-order valence-electron chi connectivity index (χ2n) is 3.11. The summed E-state index contributed by atoms with van der Waals surface area (Å²) >= 11 is 0. The van der Waals surface area contributed by atoms with Crippen LogP contribution in [0.2, 0.25) is 0 Å². The third kappa shape index (κ3) is 1.18. The normalized spacial score (nSPS) is 11.1. The molecular weight excluding hydrogens is 234 g/mol. The molecule has 11 nitrogen and oxygen atoms in total. The summed E-state index contributed by atoms with van der Waals surface area (Å²) in [7, 11) is 0. The van der Waals surface area contributed by atoms with Crippen LogP contribution in [0.5, 0.6) is 0 Å². The average molecular weight is 237 g/mol. The fourth-order valence-corrected chi connectivity index (χ4v) is 1.37. The van der Waals surface area contributed by atoms with Crippen molar-refractivity contribution in [3.63, 3.8) is 0 Å². The predicted octanol–water partition coefficient (Wildman–Crippen LogP) is -0.182. The molecule has 86 valence electrons. The Morgan fingerprint density at radius 3 is 2.59 bits per heavy atom. The highest BCUT2D eigenvalue weighted by atomic mass is 16.7. The van der Waals surface area contributed by atoms with Crippen molar-refractivity contribution in [1.82, 2.24) is 30.5 Å². The lowest BCUT2D eigenvalue weighted by molar-refractivity contribution is -0.548. The van der Waals surface area contributed by atoms with Crippen LogP contribution >= 0.6 is 0 Å². The summed E-state index contributed by atoms with van der Waals surface area (Å²) in [6, 6.07) is 0. The second-order valence-corrected chi connectivity index (χ2v) is 3.11. The van der Waals surface area contributed by atoms with Crippen molar-refractivity contribution >= 4 is 11.2 Å². The lowest BCUT2D eigenvalue weighted by atomic mass is 10.2. The number of rotatable bonds is 2. The van der Waals surface area contributed by atoms with E-state index in [0.717, 1.165) is 0 Å². The summed E-state index contributed by atoms with van der Waals surface area (Å²) in [5.41, 5.74) is 0.846. The molecule has 3 aromatic rings. The maximum Gasteiger partial charge on any atom is 0.295 e. The Balaban J connectivity index is 2.34. The van der Waals surface area contributed by atoms with Crippen LogP contribution in [0.1, 0.15) is 5.69 Å². The summed E-state index contributed by atoms with van der Waals surface area (Å²) in [6.07, 6.45) is 0. The average Bonchev–Trinajstić information content (AvgIpc) is 2.91. The van der Waals surface area contributed by atoms with Gasteiger partial charge in [-0.1, -0.05) is 5.16 Å². The van der Waals surface area contributed by atoms with Crippen LogP contribution in [-0.4, -0.2) is 35.5 Å². The minimum absolute atomic E-state index is 0.104. The maximum atomic E-state index is 10.7. The Morgan fingerprint density at radius 1 is 1.18 bits per heavy atom. The largest absolute Gasteiger partial charge is 0.339 e. The molecule has 0 unspecified atom stereocenters. The summed E-state index contributed by atoms with van der Waals surface area (Å²) in [5.74, 6) is 0. The molecule has 0 atom stereocenters. The van der Waals surface area contributed by atoms with E-state index in [1.165, 1.54) is 0 Å². The van der Waals surface area contributed by atoms with Crippen molar-refractivity contribution in [1.29, 1.82) is 0 Å². The molecule has 0 amide bonds. The molecule has 0 aromatic carbocycles. The van der Waals surface area contributed by atoms with Crippen molar-refractivity contribution < 1.29 is 14.3 Å². The number of fused-ring (bicyclic) bond motifs is 1. The van der Waals surface area contributed by atoms with Gasteiger partial charge in [-0.25, -0.2) is 9.26 Å². The molecule has 3 aromatic heterocycles. The zero-order chi connectivity index (χ0) is 12.0. The van der Waals surface area contributed by atoms with Crippen LogP contribution in [0.4, 0.5) is 0 Å². The van der Waals surface area contributed by atoms with Gasteiger partial charge in [-0.2, -0.15) is 0 Å². The number of hydrogen-bond donors (Lipinski definition) is 0. The van der Waals surface area contributed by atoms with Crippen LogP contribution in [0.3, 0.4) is 0 Å². The number of aryl methyl sites for hydroxylation is 1. The first kappa shape index (κ1) is 9.38. The van der Waals surface area contributed by atoms with Gasteiger partial charge in [0, 0.05) is 0 Å². The molecule has 0 radical (unpaired) electrons. The first-order chi connectivity index (χ1) is 8.18. The molecule has 0 aliphatic heterocycles. The van der Waals surface area contributed by atoms with Gasteiger partial charge in [0.05, 0.1) is 14.9 Å². The Labute approximate surface area is 91.0 Å². The van der Waals surface area contributed by atoms with Crippen LogP contribution in [0, 0.1) is 17.0 Å². The SMILES string of the molecule is Cc1nonc1-c1nn([N+](=O)[O-])c2nonc12. The molecule has 0 fully saturated rings. The summed E-state index contributed by atoms with van der Waals surface area (Å²) in [5, 5.41) is 27.8. The molecule has 11 heteroatoms. The maximum absolute atomic E-state index is 10.7. The third-order valence-corrected chi connectivity index (χ3v) is 2.11. The molecule has 0 aliphatic rings. The highest BCUT2D eigenvalue weighted by Gasteiger charge is 2.30. The van der Waals surface area contributed by atoms with Crippen LogP contribution in [-0.2, 0) is 0 Å². The number of aromatic nitrogens is 6. The van der Waals surface area contributed by atoms with Crippen LogP contribution in [0.15, 0.2) is 9.26 Å². The van der Waals surface area contributed by atoms with E-state index < -0.39 is 5.03 Å². The smallest absolute Gasteiger partial charge is 0.295 e. The highest BCUT2D eigenvalue weighted by Crippen LogP contribution is 2.25. The van der Waals surface area contributed by atoms with E-state index in [4.69, 9.17) is 0 Å². The molecule has 0 spiro atoms. The standard InChI is InChI=1S/C6H3N7O4/c1-2-3(9-16-8-2)4-5-6(11-17-10-5)12(7-4)13(14)15/h1H3. The summed E-state index contributed by atoms with van der Waals surface area (Å²) in [4.78, 5) is 11.2. The zero-order valence-electron chi connectivity index (χ0n) is 8.26. The summed E-state index contributed by atoms with van der Waals surface area (Å²) < 4.78 is 8.93. The molecule has 0 bridgehead atoms. The third-order valence-electron chi connectivity index (χ3n) is 2.11.